The first-order valence-electron chi connectivity index (χ1n) is 6.07. The number of hydrogen-bond acceptors (Lipinski definition) is 3. The molecule has 0 amide bonds. The highest BCUT2D eigenvalue weighted by Gasteiger charge is 2.09. The number of nitrogens with zero attached hydrogens (tertiary/aromatic N) is 1. The van der Waals surface area contributed by atoms with Crippen LogP contribution in [-0.2, 0) is 6.61 Å². The second-order valence-corrected chi connectivity index (χ2v) is 5.43. The van der Waals surface area contributed by atoms with Crippen LogP contribution in [0.3, 0.4) is 0 Å². The predicted octanol–water partition coefficient (Wildman–Crippen LogP) is 3.78. The lowest BCUT2D eigenvalue weighted by atomic mass is 10.1. The third-order valence-corrected chi connectivity index (χ3v) is 3.20. The summed E-state index contributed by atoms with van der Waals surface area (Å²) in [5.74, 6) is 0.709. The molecule has 4 heteroatoms. The van der Waals surface area contributed by atoms with Gasteiger partial charge in [0.05, 0.1) is 6.10 Å². The van der Waals surface area contributed by atoms with Crippen LogP contribution in [-0.4, -0.2) is 10.1 Å². The first-order valence-corrected chi connectivity index (χ1v) is 6.86. The molecule has 1 N–H and O–H groups in total. The molecule has 0 aliphatic carbocycles. The van der Waals surface area contributed by atoms with Gasteiger partial charge in [-0.15, -0.1) is 0 Å². The number of aryl methyl sites for hydroxylation is 1. The number of aromatic nitrogens is 1. The second kappa shape index (κ2) is 6.17. The summed E-state index contributed by atoms with van der Waals surface area (Å²) >= 11 is 3.38. The number of aliphatic hydroxyl groups is 1. The van der Waals surface area contributed by atoms with Gasteiger partial charge in [0.2, 0.25) is 0 Å². The van der Waals surface area contributed by atoms with Crippen molar-refractivity contribution in [1.82, 2.24) is 4.98 Å². The summed E-state index contributed by atoms with van der Waals surface area (Å²) in [5.41, 5.74) is 2.89. The Morgan fingerprint density at radius 1 is 1.32 bits per heavy atom. The Morgan fingerprint density at radius 2 is 2.11 bits per heavy atom. The summed E-state index contributed by atoms with van der Waals surface area (Å²) in [5, 5.41) is 9.77. The molecule has 2 rings (SSSR count). The Labute approximate surface area is 121 Å². The normalized spacial score (nSPS) is 12.2. The van der Waals surface area contributed by atoms with E-state index in [1.807, 2.05) is 31.2 Å². The van der Waals surface area contributed by atoms with E-state index in [1.54, 1.807) is 19.3 Å². The Balaban J connectivity index is 2.15. The van der Waals surface area contributed by atoms with Crippen molar-refractivity contribution in [1.29, 1.82) is 0 Å². The molecule has 1 atom stereocenters. The molecule has 1 aromatic carbocycles. The van der Waals surface area contributed by atoms with Crippen LogP contribution >= 0.6 is 15.9 Å². The molecule has 0 bridgehead atoms. The molecule has 0 fully saturated rings. The van der Waals surface area contributed by atoms with E-state index in [4.69, 9.17) is 4.74 Å². The van der Waals surface area contributed by atoms with Crippen molar-refractivity contribution in [2.24, 2.45) is 0 Å². The van der Waals surface area contributed by atoms with E-state index in [0.29, 0.717) is 12.4 Å². The SMILES string of the molecule is Cc1ccc(OCc2cncc(Br)c2)c([C@@H](C)O)c1. The molecule has 3 nitrogen and oxygen atoms in total. The minimum atomic E-state index is -0.546. The predicted molar refractivity (Wildman–Crippen MR) is 78.1 cm³/mol. The molecule has 19 heavy (non-hydrogen) atoms. The fourth-order valence-corrected chi connectivity index (χ4v) is 2.23. The van der Waals surface area contributed by atoms with E-state index in [1.165, 1.54) is 0 Å². The van der Waals surface area contributed by atoms with Gasteiger partial charge in [-0.2, -0.15) is 0 Å². The van der Waals surface area contributed by atoms with Crippen LogP contribution in [0, 0.1) is 6.92 Å². The topological polar surface area (TPSA) is 42.4 Å². The summed E-state index contributed by atoms with van der Waals surface area (Å²) < 4.78 is 6.70. The van der Waals surface area contributed by atoms with Crippen LogP contribution in [0.2, 0.25) is 0 Å². The molecule has 1 aromatic heterocycles. The molecule has 0 spiro atoms. The summed E-state index contributed by atoms with van der Waals surface area (Å²) in [6, 6.07) is 7.77. The molecule has 0 aliphatic rings. The molecule has 0 unspecified atom stereocenters. The smallest absolute Gasteiger partial charge is 0.125 e. The van der Waals surface area contributed by atoms with Crippen LogP contribution in [0.15, 0.2) is 41.1 Å². The van der Waals surface area contributed by atoms with Gasteiger partial charge < -0.3 is 9.84 Å². The molecular formula is C15H16BrNO2. The summed E-state index contributed by atoms with van der Waals surface area (Å²) in [4.78, 5) is 4.09. The third kappa shape index (κ3) is 3.78. The third-order valence-electron chi connectivity index (χ3n) is 2.77. The highest BCUT2D eigenvalue weighted by molar-refractivity contribution is 9.10. The molecular weight excluding hydrogens is 306 g/mol. The van der Waals surface area contributed by atoms with Crippen molar-refractivity contribution in [2.75, 3.05) is 0 Å². The van der Waals surface area contributed by atoms with Crippen molar-refractivity contribution < 1.29 is 9.84 Å². The van der Waals surface area contributed by atoms with Crippen molar-refractivity contribution >= 4 is 15.9 Å². The van der Waals surface area contributed by atoms with E-state index < -0.39 is 6.10 Å². The quantitative estimate of drug-likeness (QED) is 0.931. The average molecular weight is 322 g/mol. The highest BCUT2D eigenvalue weighted by atomic mass is 79.9. The number of aliphatic hydroxyl groups excluding tert-OH is 1. The standard InChI is InChI=1S/C15H16BrNO2/c1-10-3-4-15(14(5-10)11(2)18)19-9-12-6-13(16)8-17-7-12/h3-8,11,18H,9H2,1-2H3/t11-/m1/s1. The van der Waals surface area contributed by atoms with Gasteiger partial charge in [0, 0.05) is 28.0 Å². The maximum Gasteiger partial charge on any atom is 0.125 e. The zero-order valence-corrected chi connectivity index (χ0v) is 12.5. The van der Waals surface area contributed by atoms with Crippen LogP contribution in [0.25, 0.3) is 0 Å². The fourth-order valence-electron chi connectivity index (χ4n) is 1.82. The molecule has 0 aliphatic heterocycles. The monoisotopic (exact) mass is 321 g/mol. The Kier molecular flexibility index (Phi) is 4.56. The van der Waals surface area contributed by atoms with Crippen molar-refractivity contribution in [3.8, 4) is 5.75 Å². The highest BCUT2D eigenvalue weighted by Crippen LogP contribution is 2.27. The van der Waals surface area contributed by atoms with Crippen LogP contribution in [0.4, 0.5) is 0 Å². The van der Waals surface area contributed by atoms with Crippen LogP contribution < -0.4 is 4.74 Å². The van der Waals surface area contributed by atoms with Gasteiger partial charge in [0.15, 0.2) is 0 Å². The number of halogens is 1. The lowest BCUT2D eigenvalue weighted by Gasteiger charge is -2.14. The fraction of sp³-hybridized carbons (Fsp3) is 0.267. The zero-order valence-electron chi connectivity index (χ0n) is 10.9. The molecule has 100 valence electrons. The molecule has 0 radical (unpaired) electrons. The Morgan fingerprint density at radius 3 is 2.79 bits per heavy atom. The first kappa shape index (κ1) is 14.0. The molecule has 0 saturated carbocycles. The Hall–Kier alpha value is -1.39. The molecule has 2 aromatic rings. The lowest BCUT2D eigenvalue weighted by Crippen LogP contribution is -2.01. The van der Waals surface area contributed by atoms with Gasteiger partial charge in [0.25, 0.3) is 0 Å². The Bertz CT molecular complexity index is 570. The van der Waals surface area contributed by atoms with Gasteiger partial charge in [0.1, 0.15) is 12.4 Å². The summed E-state index contributed by atoms with van der Waals surface area (Å²) in [7, 11) is 0. The van der Waals surface area contributed by atoms with Crippen molar-refractivity contribution in [3.63, 3.8) is 0 Å². The number of rotatable bonds is 4. The summed E-state index contributed by atoms with van der Waals surface area (Å²) in [6.07, 6.45) is 2.95. The van der Waals surface area contributed by atoms with E-state index in [-0.39, 0.29) is 0 Å². The number of hydrogen-bond donors (Lipinski definition) is 1. The largest absolute Gasteiger partial charge is 0.488 e. The van der Waals surface area contributed by atoms with Gasteiger partial charge >= 0.3 is 0 Å². The van der Waals surface area contributed by atoms with E-state index in [9.17, 15) is 5.11 Å². The average Bonchev–Trinajstić information content (AvgIpc) is 2.37. The first-order chi connectivity index (χ1) is 9.06. The number of ether oxygens (including phenoxy) is 1. The van der Waals surface area contributed by atoms with Gasteiger partial charge in [-0.1, -0.05) is 11.6 Å². The van der Waals surface area contributed by atoms with E-state index in [2.05, 4.69) is 20.9 Å². The van der Waals surface area contributed by atoms with Crippen molar-refractivity contribution in [2.45, 2.75) is 26.6 Å². The van der Waals surface area contributed by atoms with Crippen molar-refractivity contribution in [3.05, 3.63) is 57.8 Å². The van der Waals surface area contributed by atoms with Gasteiger partial charge in [-0.05, 0) is 48.0 Å². The van der Waals surface area contributed by atoms with E-state index in [0.717, 1.165) is 21.2 Å². The molecule has 1 heterocycles. The van der Waals surface area contributed by atoms with Crippen LogP contribution in [0.1, 0.15) is 29.7 Å². The van der Waals surface area contributed by atoms with Gasteiger partial charge in [-0.3, -0.25) is 4.98 Å². The lowest BCUT2D eigenvalue weighted by molar-refractivity contribution is 0.190. The number of pyridine rings is 1. The van der Waals surface area contributed by atoms with Gasteiger partial charge in [-0.25, -0.2) is 0 Å². The molecule has 0 saturated heterocycles. The summed E-state index contributed by atoms with van der Waals surface area (Å²) in [6.45, 7) is 4.16. The maximum absolute atomic E-state index is 9.77. The second-order valence-electron chi connectivity index (χ2n) is 4.52. The minimum absolute atomic E-state index is 0.426. The number of benzene rings is 1. The zero-order chi connectivity index (χ0) is 13.8. The van der Waals surface area contributed by atoms with Crippen LogP contribution in [0.5, 0.6) is 5.75 Å². The maximum atomic E-state index is 9.77. The van der Waals surface area contributed by atoms with E-state index >= 15 is 0 Å². The minimum Gasteiger partial charge on any atom is -0.488 e.